The van der Waals surface area contributed by atoms with Crippen molar-refractivity contribution in [2.24, 2.45) is 0 Å². The molecule has 0 aliphatic carbocycles. The first-order valence-corrected chi connectivity index (χ1v) is 4.93. The predicted octanol–water partition coefficient (Wildman–Crippen LogP) is 2.65. The normalized spacial score (nSPS) is 10.6. The van der Waals surface area contributed by atoms with Gasteiger partial charge in [-0.3, -0.25) is 0 Å². The molecule has 0 spiro atoms. The Hall–Kier alpha value is -1.54. The highest BCUT2D eigenvalue weighted by molar-refractivity contribution is 5.88. The van der Waals surface area contributed by atoms with Crippen LogP contribution in [0.1, 0.15) is 11.1 Å². The lowest BCUT2D eigenvalue weighted by molar-refractivity contribution is 0.282. The summed E-state index contributed by atoms with van der Waals surface area (Å²) < 4.78 is 5.26. The number of methoxy groups -OCH3 is 1. The van der Waals surface area contributed by atoms with Crippen molar-refractivity contribution >= 4 is 10.8 Å². The molecule has 0 radical (unpaired) electrons. The van der Waals surface area contributed by atoms with Crippen LogP contribution in [0.5, 0.6) is 5.75 Å². The summed E-state index contributed by atoms with van der Waals surface area (Å²) in [4.78, 5) is 0. The molecule has 1 N–H and O–H groups in total. The molecule has 2 nitrogen and oxygen atoms in total. The van der Waals surface area contributed by atoms with E-state index in [-0.39, 0.29) is 6.61 Å². The van der Waals surface area contributed by atoms with Gasteiger partial charge in [-0.15, -0.1) is 0 Å². The van der Waals surface area contributed by atoms with Crippen LogP contribution in [-0.4, -0.2) is 12.2 Å². The Morgan fingerprint density at radius 3 is 2.60 bits per heavy atom. The van der Waals surface area contributed by atoms with Gasteiger partial charge in [0.2, 0.25) is 0 Å². The quantitative estimate of drug-likeness (QED) is 0.811. The fourth-order valence-corrected chi connectivity index (χ4v) is 1.82. The third-order valence-electron chi connectivity index (χ3n) is 2.71. The Bertz CT molecular complexity index is 484. The fraction of sp³-hybridized carbons (Fsp3) is 0.231. The zero-order valence-electron chi connectivity index (χ0n) is 8.95. The van der Waals surface area contributed by atoms with Gasteiger partial charge in [0.1, 0.15) is 5.75 Å². The fourth-order valence-electron chi connectivity index (χ4n) is 1.82. The molecule has 0 amide bonds. The molecule has 0 bridgehead atoms. The first-order chi connectivity index (χ1) is 7.26. The topological polar surface area (TPSA) is 29.5 Å². The zero-order chi connectivity index (χ0) is 10.8. The molecule has 0 saturated heterocycles. The van der Waals surface area contributed by atoms with Crippen LogP contribution in [-0.2, 0) is 6.61 Å². The lowest BCUT2D eigenvalue weighted by atomic mass is 10.0. The Labute approximate surface area is 89.1 Å². The van der Waals surface area contributed by atoms with E-state index in [1.807, 2.05) is 37.3 Å². The Kier molecular flexibility index (Phi) is 2.60. The van der Waals surface area contributed by atoms with E-state index in [0.717, 1.165) is 22.3 Å². The summed E-state index contributed by atoms with van der Waals surface area (Å²) in [5.74, 6) is 0.887. The van der Waals surface area contributed by atoms with Crippen molar-refractivity contribution in [3.8, 4) is 5.75 Å². The first-order valence-electron chi connectivity index (χ1n) is 4.93. The molecule has 2 heteroatoms. The van der Waals surface area contributed by atoms with E-state index in [1.165, 1.54) is 5.39 Å². The Balaban J connectivity index is 2.72. The van der Waals surface area contributed by atoms with Crippen molar-refractivity contribution < 1.29 is 9.84 Å². The van der Waals surface area contributed by atoms with E-state index in [9.17, 15) is 0 Å². The van der Waals surface area contributed by atoms with E-state index in [2.05, 4.69) is 0 Å². The molecule has 2 aromatic rings. The molecule has 78 valence electrons. The molecule has 0 fully saturated rings. The minimum atomic E-state index is 0.0760. The number of aryl methyl sites for hydroxylation is 1. The third kappa shape index (κ3) is 1.68. The predicted molar refractivity (Wildman–Crippen MR) is 61.2 cm³/mol. The van der Waals surface area contributed by atoms with E-state index in [4.69, 9.17) is 9.84 Å². The second kappa shape index (κ2) is 3.91. The average Bonchev–Trinajstić information content (AvgIpc) is 2.29. The number of aliphatic hydroxyl groups excluding tert-OH is 1. The highest BCUT2D eigenvalue weighted by Gasteiger charge is 2.04. The van der Waals surface area contributed by atoms with Crippen molar-refractivity contribution in [2.45, 2.75) is 13.5 Å². The van der Waals surface area contributed by atoms with E-state index >= 15 is 0 Å². The van der Waals surface area contributed by atoms with Crippen LogP contribution in [0.25, 0.3) is 10.8 Å². The number of hydrogen-bond acceptors (Lipinski definition) is 2. The summed E-state index contributed by atoms with van der Waals surface area (Å²) in [7, 11) is 1.67. The lowest BCUT2D eigenvalue weighted by Crippen LogP contribution is -1.90. The number of aliphatic hydroxyl groups is 1. The largest absolute Gasteiger partial charge is 0.496 e. The maximum absolute atomic E-state index is 9.08. The maximum atomic E-state index is 9.08. The Morgan fingerprint density at radius 2 is 1.93 bits per heavy atom. The van der Waals surface area contributed by atoms with Crippen molar-refractivity contribution in [3.05, 3.63) is 41.5 Å². The van der Waals surface area contributed by atoms with E-state index < -0.39 is 0 Å². The second-order valence-corrected chi connectivity index (χ2v) is 3.61. The SMILES string of the molecule is COc1ccc2ccc(CO)cc2c1C. The van der Waals surface area contributed by atoms with Crippen LogP contribution in [0.4, 0.5) is 0 Å². The van der Waals surface area contributed by atoms with Crippen LogP contribution >= 0.6 is 0 Å². The summed E-state index contributed by atoms with van der Waals surface area (Å²) in [5, 5.41) is 11.4. The minimum Gasteiger partial charge on any atom is -0.496 e. The van der Waals surface area contributed by atoms with Crippen LogP contribution in [0, 0.1) is 6.92 Å². The lowest BCUT2D eigenvalue weighted by Gasteiger charge is -2.09. The molecular formula is C13H14O2. The van der Waals surface area contributed by atoms with Crippen LogP contribution in [0.15, 0.2) is 30.3 Å². The number of benzene rings is 2. The van der Waals surface area contributed by atoms with Gasteiger partial charge in [-0.25, -0.2) is 0 Å². The highest BCUT2D eigenvalue weighted by Crippen LogP contribution is 2.27. The van der Waals surface area contributed by atoms with Crippen molar-refractivity contribution in [3.63, 3.8) is 0 Å². The highest BCUT2D eigenvalue weighted by atomic mass is 16.5. The number of hydrogen-bond donors (Lipinski definition) is 1. The van der Waals surface area contributed by atoms with Crippen LogP contribution in [0.3, 0.4) is 0 Å². The van der Waals surface area contributed by atoms with Crippen LogP contribution < -0.4 is 4.74 Å². The van der Waals surface area contributed by atoms with Gasteiger partial charge in [-0.05, 0) is 41.0 Å². The summed E-state index contributed by atoms with van der Waals surface area (Å²) in [6.45, 7) is 2.11. The standard InChI is InChI=1S/C13H14O2/c1-9-12-7-10(8-14)3-4-11(12)5-6-13(9)15-2/h3-7,14H,8H2,1-2H3. The number of ether oxygens (including phenoxy) is 1. The molecule has 2 aromatic carbocycles. The second-order valence-electron chi connectivity index (χ2n) is 3.61. The summed E-state index contributed by atoms with van der Waals surface area (Å²) in [5.41, 5.74) is 2.05. The minimum absolute atomic E-state index is 0.0760. The molecule has 0 atom stereocenters. The summed E-state index contributed by atoms with van der Waals surface area (Å²) >= 11 is 0. The molecule has 15 heavy (non-hydrogen) atoms. The van der Waals surface area contributed by atoms with Gasteiger partial charge in [0.15, 0.2) is 0 Å². The van der Waals surface area contributed by atoms with Crippen LogP contribution in [0.2, 0.25) is 0 Å². The van der Waals surface area contributed by atoms with E-state index in [0.29, 0.717) is 0 Å². The van der Waals surface area contributed by atoms with Gasteiger partial charge >= 0.3 is 0 Å². The monoisotopic (exact) mass is 202 g/mol. The maximum Gasteiger partial charge on any atom is 0.122 e. The molecule has 0 aromatic heterocycles. The third-order valence-corrected chi connectivity index (χ3v) is 2.71. The van der Waals surface area contributed by atoms with Gasteiger partial charge in [0.25, 0.3) is 0 Å². The zero-order valence-corrected chi connectivity index (χ0v) is 8.95. The number of rotatable bonds is 2. The molecular weight excluding hydrogens is 188 g/mol. The van der Waals surface area contributed by atoms with Crippen molar-refractivity contribution in [1.82, 2.24) is 0 Å². The molecule has 0 aliphatic heterocycles. The molecule has 2 rings (SSSR count). The molecule has 0 aliphatic rings. The summed E-state index contributed by atoms with van der Waals surface area (Å²) in [6.07, 6.45) is 0. The van der Waals surface area contributed by atoms with Gasteiger partial charge in [0, 0.05) is 0 Å². The van der Waals surface area contributed by atoms with E-state index in [1.54, 1.807) is 7.11 Å². The van der Waals surface area contributed by atoms with Gasteiger partial charge < -0.3 is 9.84 Å². The summed E-state index contributed by atoms with van der Waals surface area (Å²) in [6, 6.07) is 9.97. The average molecular weight is 202 g/mol. The molecule has 0 heterocycles. The van der Waals surface area contributed by atoms with Crippen molar-refractivity contribution in [1.29, 1.82) is 0 Å². The Morgan fingerprint density at radius 1 is 1.20 bits per heavy atom. The first kappa shape index (κ1) is 9.99. The number of fused-ring (bicyclic) bond motifs is 1. The molecule has 0 unspecified atom stereocenters. The van der Waals surface area contributed by atoms with Gasteiger partial charge in [-0.1, -0.05) is 18.2 Å². The van der Waals surface area contributed by atoms with Gasteiger partial charge in [0.05, 0.1) is 13.7 Å². The van der Waals surface area contributed by atoms with Gasteiger partial charge in [-0.2, -0.15) is 0 Å². The van der Waals surface area contributed by atoms with Crippen molar-refractivity contribution in [2.75, 3.05) is 7.11 Å². The smallest absolute Gasteiger partial charge is 0.122 e. The molecule has 0 saturated carbocycles.